The van der Waals surface area contributed by atoms with Gasteiger partial charge in [0.25, 0.3) is 0 Å². The fourth-order valence-electron chi connectivity index (χ4n) is 1.93. The van der Waals surface area contributed by atoms with E-state index in [0.717, 1.165) is 11.4 Å². The maximum atomic E-state index is 12.1. The molecular weight excluding hydrogens is 268 g/mol. The van der Waals surface area contributed by atoms with E-state index in [1.165, 1.54) is 11.0 Å². The van der Waals surface area contributed by atoms with Crippen molar-refractivity contribution in [3.63, 3.8) is 0 Å². The second kappa shape index (κ2) is 5.58. The lowest BCUT2D eigenvalue weighted by atomic mass is 10.2. The number of rotatable bonds is 3. The Morgan fingerprint density at radius 1 is 1.24 bits per heavy atom. The molecule has 7 heteroatoms. The van der Waals surface area contributed by atoms with Gasteiger partial charge in [0.1, 0.15) is 12.7 Å². The average molecular weight is 282 g/mol. The van der Waals surface area contributed by atoms with Gasteiger partial charge < -0.3 is 5.32 Å². The van der Waals surface area contributed by atoms with Gasteiger partial charge in [-0.25, -0.2) is 14.5 Å². The molecule has 2 heterocycles. The van der Waals surface area contributed by atoms with Gasteiger partial charge in [0.05, 0.1) is 11.7 Å². The van der Waals surface area contributed by atoms with Crippen molar-refractivity contribution in [1.82, 2.24) is 24.5 Å². The summed E-state index contributed by atoms with van der Waals surface area (Å²) in [5.41, 5.74) is 1.47. The van der Waals surface area contributed by atoms with Crippen LogP contribution in [0.1, 0.15) is 18.7 Å². The molecule has 0 unspecified atom stereocenters. The predicted octanol–water partition coefficient (Wildman–Crippen LogP) is 2.16. The van der Waals surface area contributed by atoms with Crippen LogP contribution in [0.2, 0.25) is 0 Å². The van der Waals surface area contributed by atoms with E-state index in [2.05, 4.69) is 20.5 Å². The number of carbonyl (C=O) groups is 1. The van der Waals surface area contributed by atoms with E-state index in [-0.39, 0.29) is 12.1 Å². The highest BCUT2D eigenvalue weighted by molar-refractivity contribution is 5.90. The summed E-state index contributed by atoms with van der Waals surface area (Å²) in [4.78, 5) is 16.0. The third-order valence-electron chi connectivity index (χ3n) is 3.10. The molecule has 0 aliphatic rings. The fourth-order valence-corrected chi connectivity index (χ4v) is 1.93. The van der Waals surface area contributed by atoms with Gasteiger partial charge in [0.15, 0.2) is 0 Å². The Bertz CT molecular complexity index is 719. The molecule has 2 aromatic heterocycles. The molecule has 1 atom stereocenters. The number of carbonyl (C=O) groups excluding carboxylic acids is 1. The van der Waals surface area contributed by atoms with E-state index < -0.39 is 0 Å². The lowest BCUT2D eigenvalue weighted by molar-refractivity contribution is 0.250. The van der Waals surface area contributed by atoms with E-state index in [9.17, 15) is 4.79 Å². The smallest absolute Gasteiger partial charge is 0.306 e. The molecular formula is C14H14N6O. The molecule has 1 aromatic carbocycles. The van der Waals surface area contributed by atoms with Crippen LogP contribution >= 0.6 is 0 Å². The van der Waals surface area contributed by atoms with Crippen LogP contribution < -0.4 is 5.32 Å². The highest BCUT2D eigenvalue weighted by Crippen LogP contribution is 2.14. The molecule has 0 fully saturated rings. The maximum Gasteiger partial charge on any atom is 0.346 e. The number of nitrogens with one attached hydrogen (secondary N) is 1. The maximum absolute atomic E-state index is 12.1. The molecule has 3 rings (SSSR count). The van der Waals surface area contributed by atoms with Crippen LogP contribution in [0, 0.1) is 0 Å². The molecule has 0 bridgehead atoms. The molecule has 106 valence electrons. The number of amides is 1. The highest BCUT2D eigenvalue weighted by atomic mass is 16.2. The van der Waals surface area contributed by atoms with Gasteiger partial charge in [-0.3, -0.25) is 0 Å². The summed E-state index contributed by atoms with van der Waals surface area (Å²) in [5.74, 6) is 0. The van der Waals surface area contributed by atoms with Crippen molar-refractivity contribution in [3.05, 3.63) is 60.9 Å². The monoisotopic (exact) mass is 282 g/mol. The number of anilines is 1. The predicted molar refractivity (Wildman–Crippen MR) is 76.9 cm³/mol. The van der Waals surface area contributed by atoms with Crippen LogP contribution in [0.4, 0.5) is 10.5 Å². The first-order valence-corrected chi connectivity index (χ1v) is 6.50. The summed E-state index contributed by atoms with van der Waals surface area (Å²) < 4.78 is 2.96. The second-order valence-electron chi connectivity index (χ2n) is 4.53. The first-order chi connectivity index (χ1) is 10.2. The van der Waals surface area contributed by atoms with Crippen molar-refractivity contribution < 1.29 is 4.79 Å². The largest absolute Gasteiger partial charge is 0.346 e. The van der Waals surface area contributed by atoms with Gasteiger partial charge in [0.2, 0.25) is 0 Å². The summed E-state index contributed by atoms with van der Waals surface area (Å²) in [6, 6.07) is 10.6. The van der Waals surface area contributed by atoms with Crippen LogP contribution in [0.3, 0.4) is 0 Å². The molecule has 0 saturated carbocycles. The minimum absolute atomic E-state index is 0.0849. The number of hydrogen-bond donors (Lipinski definition) is 1. The van der Waals surface area contributed by atoms with Crippen LogP contribution in [0.5, 0.6) is 0 Å². The summed E-state index contributed by atoms with van der Waals surface area (Å²) >= 11 is 0. The minimum Gasteiger partial charge on any atom is -0.306 e. The van der Waals surface area contributed by atoms with Gasteiger partial charge in [0, 0.05) is 11.9 Å². The van der Waals surface area contributed by atoms with E-state index in [4.69, 9.17) is 0 Å². The van der Waals surface area contributed by atoms with Crippen molar-refractivity contribution in [1.29, 1.82) is 0 Å². The number of aromatic nitrogens is 5. The Labute approximate surface area is 121 Å². The number of para-hydroxylation sites is 1. The molecule has 3 aromatic rings. The summed E-state index contributed by atoms with van der Waals surface area (Å²) in [6.07, 6.45) is 4.71. The first-order valence-electron chi connectivity index (χ1n) is 6.50. The molecule has 0 saturated heterocycles. The number of nitrogens with zero attached hydrogens (tertiary/aromatic N) is 5. The molecule has 1 N–H and O–H groups in total. The van der Waals surface area contributed by atoms with Crippen molar-refractivity contribution in [2.24, 2.45) is 0 Å². The lowest BCUT2D eigenvalue weighted by Gasteiger charge is -2.08. The topological polar surface area (TPSA) is 77.6 Å². The number of benzene rings is 1. The van der Waals surface area contributed by atoms with Crippen molar-refractivity contribution >= 4 is 11.7 Å². The zero-order chi connectivity index (χ0) is 14.7. The Balaban J connectivity index is 1.74. The normalized spacial score (nSPS) is 12.0. The number of hydrogen-bond acceptors (Lipinski definition) is 4. The molecule has 7 nitrogen and oxygen atoms in total. The third-order valence-corrected chi connectivity index (χ3v) is 3.10. The van der Waals surface area contributed by atoms with Crippen LogP contribution in [0.25, 0.3) is 0 Å². The zero-order valence-electron chi connectivity index (χ0n) is 11.4. The molecule has 0 radical (unpaired) electrons. The summed E-state index contributed by atoms with van der Waals surface area (Å²) in [6.45, 7) is 1.94. The first kappa shape index (κ1) is 13.0. The SMILES string of the molecule is C[C@H](c1ccn(C(=O)Nc2ccccc2)n1)n1cncn1. The van der Waals surface area contributed by atoms with Gasteiger partial charge in [-0.2, -0.15) is 14.9 Å². The lowest BCUT2D eigenvalue weighted by Crippen LogP contribution is -2.20. The van der Waals surface area contributed by atoms with Crippen LogP contribution in [-0.2, 0) is 0 Å². The quantitative estimate of drug-likeness (QED) is 0.798. The van der Waals surface area contributed by atoms with E-state index in [0.29, 0.717) is 0 Å². The molecule has 0 aliphatic carbocycles. The summed E-state index contributed by atoms with van der Waals surface area (Å²) in [5, 5.41) is 11.1. The van der Waals surface area contributed by atoms with Crippen LogP contribution in [0.15, 0.2) is 55.2 Å². The van der Waals surface area contributed by atoms with Gasteiger partial charge in [-0.15, -0.1) is 0 Å². The van der Waals surface area contributed by atoms with E-state index in [1.807, 2.05) is 37.3 Å². The van der Waals surface area contributed by atoms with E-state index >= 15 is 0 Å². The third kappa shape index (κ3) is 2.81. The fraction of sp³-hybridized carbons (Fsp3) is 0.143. The Hall–Kier alpha value is -2.96. The Kier molecular flexibility index (Phi) is 3.46. The van der Waals surface area contributed by atoms with Crippen molar-refractivity contribution in [3.8, 4) is 0 Å². The van der Waals surface area contributed by atoms with Crippen LogP contribution in [-0.4, -0.2) is 30.6 Å². The van der Waals surface area contributed by atoms with Gasteiger partial charge in [-0.05, 0) is 25.1 Å². The zero-order valence-corrected chi connectivity index (χ0v) is 11.4. The van der Waals surface area contributed by atoms with E-state index in [1.54, 1.807) is 23.3 Å². The molecule has 1 amide bonds. The summed E-state index contributed by atoms with van der Waals surface area (Å²) in [7, 11) is 0. The van der Waals surface area contributed by atoms with Crippen molar-refractivity contribution in [2.75, 3.05) is 5.32 Å². The van der Waals surface area contributed by atoms with Gasteiger partial charge in [-0.1, -0.05) is 18.2 Å². The minimum atomic E-state index is -0.307. The standard InChI is InChI=1S/C14H14N6O/c1-11(20-10-15-9-16-20)13-7-8-19(18-13)14(21)17-12-5-3-2-4-6-12/h2-11H,1H3,(H,17,21)/t11-/m1/s1. The van der Waals surface area contributed by atoms with Crippen molar-refractivity contribution in [2.45, 2.75) is 13.0 Å². The Morgan fingerprint density at radius 2 is 2.05 bits per heavy atom. The highest BCUT2D eigenvalue weighted by Gasteiger charge is 2.14. The Morgan fingerprint density at radius 3 is 2.76 bits per heavy atom. The molecule has 0 spiro atoms. The second-order valence-corrected chi connectivity index (χ2v) is 4.53. The molecule has 21 heavy (non-hydrogen) atoms. The van der Waals surface area contributed by atoms with Gasteiger partial charge >= 0.3 is 6.03 Å². The molecule has 0 aliphatic heterocycles. The average Bonchev–Trinajstić information content (AvgIpc) is 3.19.